The Morgan fingerprint density at radius 1 is 0.857 bits per heavy atom. The summed E-state index contributed by atoms with van der Waals surface area (Å²) in [4.78, 5) is 26.2. The monoisotopic (exact) mass is 490 g/mol. The number of Topliss-reactive ketones (excluding diaryl/α,β-unsaturated/α-hetero) is 1. The van der Waals surface area contributed by atoms with E-state index in [1.165, 1.54) is 12.1 Å². The van der Waals surface area contributed by atoms with Gasteiger partial charge in [0.1, 0.15) is 0 Å². The van der Waals surface area contributed by atoms with Gasteiger partial charge in [-0.25, -0.2) is 13.1 Å². The van der Waals surface area contributed by atoms with E-state index in [1.807, 2.05) is 61.5 Å². The van der Waals surface area contributed by atoms with E-state index < -0.39 is 22.6 Å². The van der Waals surface area contributed by atoms with E-state index in [0.717, 1.165) is 24.0 Å². The molecule has 3 aromatic carbocycles. The molecule has 0 aromatic heterocycles. The summed E-state index contributed by atoms with van der Waals surface area (Å²) in [5.74, 6) is -0.762. The normalized spacial score (nSPS) is 12.4. The largest absolute Gasteiger partial charge is 0.342 e. The third-order valence-electron chi connectivity index (χ3n) is 5.49. The maximum Gasteiger partial charge on any atom is 0.252 e. The van der Waals surface area contributed by atoms with Crippen molar-refractivity contribution >= 4 is 33.9 Å². The van der Waals surface area contributed by atoms with E-state index in [-0.39, 0.29) is 16.6 Å². The fourth-order valence-electron chi connectivity index (χ4n) is 3.53. The highest BCUT2D eigenvalue weighted by atomic mass is 32.2. The zero-order valence-corrected chi connectivity index (χ0v) is 20.5. The zero-order valence-electron chi connectivity index (χ0n) is 19.7. The fourth-order valence-corrected chi connectivity index (χ4v) is 4.54. The van der Waals surface area contributed by atoms with Crippen molar-refractivity contribution in [1.82, 2.24) is 10.0 Å². The number of hydrogen-bond acceptors (Lipinski definition) is 4. The highest BCUT2D eigenvalue weighted by Gasteiger charge is 2.24. The summed E-state index contributed by atoms with van der Waals surface area (Å²) in [6.45, 7) is 1.59. The van der Waals surface area contributed by atoms with Crippen LogP contribution in [-0.2, 0) is 14.8 Å². The van der Waals surface area contributed by atoms with Crippen LogP contribution in [0.1, 0.15) is 47.7 Å². The minimum Gasteiger partial charge on any atom is -0.342 e. The number of ketones is 1. The lowest BCUT2D eigenvalue weighted by Gasteiger charge is -2.18. The molecule has 0 aliphatic heterocycles. The van der Waals surface area contributed by atoms with Gasteiger partial charge in [-0.05, 0) is 35.7 Å². The molecule has 0 aliphatic rings. The van der Waals surface area contributed by atoms with Gasteiger partial charge in [0.25, 0.3) is 5.91 Å². The molecular formula is C28H30N2O4S. The van der Waals surface area contributed by atoms with Gasteiger partial charge in [0.15, 0.2) is 5.78 Å². The summed E-state index contributed by atoms with van der Waals surface area (Å²) in [6.07, 6.45) is 5.77. The summed E-state index contributed by atoms with van der Waals surface area (Å²) in [5.41, 5.74) is 2.17. The van der Waals surface area contributed by atoms with Crippen molar-refractivity contribution in [2.24, 2.45) is 0 Å². The Labute approximate surface area is 207 Å². The quantitative estimate of drug-likeness (QED) is 0.360. The van der Waals surface area contributed by atoms with Gasteiger partial charge >= 0.3 is 0 Å². The van der Waals surface area contributed by atoms with E-state index in [2.05, 4.69) is 10.0 Å². The van der Waals surface area contributed by atoms with Crippen LogP contribution in [-0.4, -0.2) is 32.7 Å². The van der Waals surface area contributed by atoms with Gasteiger partial charge in [0.05, 0.1) is 17.5 Å². The molecule has 1 atom stereocenters. The van der Waals surface area contributed by atoms with Crippen LogP contribution >= 0.6 is 0 Å². The Balaban J connectivity index is 1.72. The topological polar surface area (TPSA) is 92.3 Å². The molecule has 6 nitrogen and oxygen atoms in total. The van der Waals surface area contributed by atoms with E-state index >= 15 is 0 Å². The highest BCUT2D eigenvalue weighted by Crippen LogP contribution is 2.15. The molecule has 0 fully saturated rings. The second-order valence-corrected chi connectivity index (χ2v) is 9.87. The molecule has 0 saturated carbocycles. The lowest BCUT2D eigenvalue weighted by Crippen LogP contribution is -2.45. The van der Waals surface area contributed by atoms with Crippen LogP contribution < -0.4 is 10.0 Å². The molecule has 182 valence electrons. The van der Waals surface area contributed by atoms with Gasteiger partial charge in [0, 0.05) is 5.56 Å². The lowest BCUT2D eigenvalue weighted by atomic mass is 10.0. The Kier molecular flexibility index (Phi) is 9.52. The number of rotatable bonds is 12. The second-order valence-electron chi connectivity index (χ2n) is 8.10. The second kappa shape index (κ2) is 12.8. The average Bonchev–Trinajstić information content (AvgIpc) is 2.89. The molecular weight excluding hydrogens is 460 g/mol. The van der Waals surface area contributed by atoms with Crippen molar-refractivity contribution < 1.29 is 18.0 Å². The molecule has 0 heterocycles. The molecule has 2 N–H and O–H groups in total. The molecule has 0 spiro atoms. The molecule has 3 rings (SSSR count). The molecule has 1 amide bonds. The van der Waals surface area contributed by atoms with Crippen LogP contribution in [0.15, 0.2) is 89.8 Å². The first-order valence-corrected chi connectivity index (χ1v) is 13.1. The minimum atomic E-state index is -3.82. The number of benzene rings is 3. The van der Waals surface area contributed by atoms with Crippen molar-refractivity contribution in [3.8, 4) is 0 Å². The first kappa shape index (κ1) is 26.1. The van der Waals surface area contributed by atoms with Crippen LogP contribution in [0.4, 0.5) is 0 Å². The van der Waals surface area contributed by atoms with Crippen molar-refractivity contribution in [3.63, 3.8) is 0 Å². The SMILES string of the molecule is CCCCC(NC(=O)c1ccccc1C=Cc1ccccc1)C(=O)CNS(=O)(=O)c1ccccc1. The number of carbonyl (C=O) groups is 2. The molecule has 35 heavy (non-hydrogen) atoms. The number of hydrogen-bond donors (Lipinski definition) is 2. The summed E-state index contributed by atoms with van der Waals surface area (Å²) < 4.78 is 27.3. The molecule has 7 heteroatoms. The summed E-state index contributed by atoms with van der Waals surface area (Å²) in [7, 11) is -3.82. The smallest absolute Gasteiger partial charge is 0.252 e. The number of nitrogens with one attached hydrogen (secondary N) is 2. The Bertz CT molecular complexity index is 1260. The number of unbranched alkanes of at least 4 members (excludes halogenated alkanes) is 1. The third-order valence-corrected chi connectivity index (χ3v) is 6.91. The molecule has 0 bridgehead atoms. The molecule has 0 radical (unpaired) electrons. The Hall–Kier alpha value is -3.55. The van der Waals surface area contributed by atoms with Crippen LogP contribution in [0.3, 0.4) is 0 Å². The minimum absolute atomic E-state index is 0.0843. The van der Waals surface area contributed by atoms with Crippen LogP contribution in [0, 0.1) is 0 Å². The Morgan fingerprint density at radius 2 is 1.49 bits per heavy atom. The summed E-state index contributed by atoms with van der Waals surface area (Å²) in [6, 6.07) is 24.0. The van der Waals surface area contributed by atoms with Crippen LogP contribution in [0.5, 0.6) is 0 Å². The Morgan fingerprint density at radius 3 is 2.17 bits per heavy atom. The number of amides is 1. The maximum absolute atomic E-state index is 13.1. The fraction of sp³-hybridized carbons (Fsp3) is 0.214. The van der Waals surface area contributed by atoms with Crippen molar-refractivity contribution in [2.75, 3.05) is 6.54 Å². The van der Waals surface area contributed by atoms with Crippen molar-refractivity contribution in [2.45, 2.75) is 37.1 Å². The molecule has 3 aromatic rings. The predicted molar refractivity (Wildman–Crippen MR) is 139 cm³/mol. The lowest BCUT2D eigenvalue weighted by molar-refractivity contribution is -0.120. The van der Waals surface area contributed by atoms with E-state index in [9.17, 15) is 18.0 Å². The van der Waals surface area contributed by atoms with Crippen molar-refractivity contribution in [3.05, 3.63) is 102 Å². The van der Waals surface area contributed by atoms with Gasteiger partial charge in [0.2, 0.25) is 10.0 Å². The molecule has 1 unspecified atom stereocenters. The number of carbonyl (C=O) groups excluding carboxylic acids is 2. The standard InChI is InChI=1S/C28H30N2O4S/c1-2-3-18-26(27(31)21-29-35(33,34)24-15-8-5-9-16-24)30-28(32)25-17-11-10-14-23(25)20-19-22-12-6-4-7-13-22/h4-17,19-20,26,29H,2-3,18,21H2,1H3,(H,30,32). The van der Waals surface area contributed by atoms with E-state index in [1.54, 1.807) is 30.3 Å². The maximum atomic E-state index is 13.1. The van der Waals surface area contributed by atoms with Gasteiger partial charge in [-0.15, -0.1) is 0 Å². The van der Waals surface area contributed by atoms with E-state index in [4.69, 9.17) is 0 Å². The highest BCUT2D eigenvalue weighted by molar-refractivity contribution is 7.89. The van der Waals surface area contributed by atoms with E-state index in [0.29, 0.717) is 12.0 Å². The summed E-state index contributed by atoms with van der Waals surface area (Å²) >= 11 is 0. The van der Waals surface area contributed by atoms with Crippen molar-refractivity contribution in [1.29, 1.82) is 0 Å². The van der Waals surface area contributed by atoms with Gasteiger partial charge in [-0.3, -0.25) is 9.59 Å². The number of sulfonamides is 1. The average molecular weight is 491 g/mol. The van der Waals surface area contributed by atoms with Gasteiger partial charge in [-0.2, -0.15) is 0 Å². The van der Waals surface area contributed by atoms with Crippen LogP contribution in [0.25, 0.3) is 12.2 Å². The van der Waals surface area contributed by atoms with Gasteiger partial charge < -0.3 is 5.32 Å². The van der Waals surface area contributed by atoms with Crippen LogP contribution in [0.2, 0.25) is 0 Å². The first-order chi connectivity index (χ1) is 16.9. The predicted octanol–water partition coefficient (Wildman–Crippen LogP) is 4.69. The zero-order chi connectivity index (χ0) is 25.1. The molecule has 0 saturated heterocycles. The molecule has 0 aliphatic carbocycles. The van der Waals surface area contributed by atoms with Gasteiger partial charge in [-0.1, -0.05) is 98.6 Å². The first-order valence-electron chi connectivity index (χ1n) is 11.6. The summed E-state index contributed by atoms with van der Waals surface area (Å²) in [5, 5.41) is 2.83. The third kappa shape index (κ3) is 7.73.